The van der Waals surface area contributed by atoms with Crippen LogP contribution in [0.2, 0.25) is 0 Å². The fourth-order valence-electron chi connectivity index (χ4n) is 3.19. The van der Waals surface area contributed by atoms with Crippen molar-refractivity contribution >= 4 is 29.2 Å². The highest BCUT2D eigenvalue weighted by Gasteiger charge is 2.30. The minimum atomic E-state index is -4.53. The van der Waals surface area contributed by atoms with Gasteiger partial charge in [0, 0.05) is 20.9 Å². The second-order valence-electron chi connectivity index (χ2n) is 7.53. The van der Waals surface area contributed by atoms with Crippen LogP contribution in [0, 0.1) is 0 Å². The number of halogens is 3. The lowest BCUT2D eigenvalue weighted by Crippen LogP contribution is -2.17. The number of benzene rings is 4. The summed E-state index contributed by atoms with van der Waals surface area (Å²) in [6.45, 7) is 0. The topological polar surface area (TPSA) is 55.7 Å². The average molecular weight is 506 g/mol. The third-order valence-electron chi connectivity index (χ3n) is 5.03. The van der Waals surface area contributed by atoms with Crippen molar-refractivity contribution in [1.29, 1.82) is 0 Å². The molecule has 36 heavy (non-hydrogen) atoms. The van der Waals surface area contributed by atoms with Gasteiger partial charge in [-0.25, -0.2) is 4.79 Å². The molecule has 0 amide bonds. The van der Waals surface area contributed by atoms with E-state index < -0.39 is 23.5 Å². The minimum absolute atomic E-state index is 0.112. The molecule has 0 aliphatic heterocycles. The van der Waals surface area contributed by atoms with Crippen molar-refractivity contribution in [3.8, 4) is 0 Å². The molecule has 4 aromatic rings. The molecule has 0 aromatic heterocycles. The van der Waals surface area contributed by atoms with Crippen LogP contribution in [0.5, 0.6) is 0 Å². The van der Waals surface area contributed by atoms with Gasteiger partial charge in [-0.3, -0.25) is 4.79 Å². The average Bonchev–Trinajstić information content (AvgIpc) is 2.90. The number of hydrogen-bond donors (Lipinski definition) is 0. The second-order valence-corrected chi connectivity index (χ2v) is 8.68. The number of ketones is 1. The van der Waals surface area contributed by atoms with E-state index in [1.807, 2.05) is 42.5 Å². The molecule has 4 aromatic carbocycles. The van der Waals surface area contributed by atoms with Crippen LogP contribution < -0.4 is 0 Å². The van der Waals surface area contributed by atoms with Crippen molar-refractivity contribution in [2.24, 2.45) is 5.16 Å². The zero-order valence-corrected chi connectivity index (χ0v) is 19.4. The lowest BCUT2D eigenvalue weighted by molar-refractivity contribution is -0.137. The van der Waals surface area contributed by atoms with Gasteiger partial charge in [-0.15, -0.1) is 0 Å². The summed E-state index contributed by atoms with van der Waals surface area (Å²) in [7, 11) is 0. The normalized spacial score (nSPS) is 11.7. The molecular formula is C28H18F3NO3S. The molecule has 0 saturated heterocycles. The molecule has 0 spiro atoms. The molecule has 0 atom stereocenters. The smallest absolute Gasteiger partial charge is 0.312 e. The van der Waals surface area contributed by atoms with Gasteiger partial charge in [0.1, 0.15) is 0 Å². The number of nitrogens with zero attached hydrogens (tertiary/aromatic N) is 1. The van der Waals surface area contributed by atoms with Crippen molar-refractivity contribution in [2.75, 3.05) is 0 Å². The lowest BCUT2D eigenvalue weighted by atomic mass is 10.0. The number of hydrogen-bond acceptors (Lipinski definition) is 5. The Morgan fingerprint density at radius 3 is 1.75 bits per heavy atom. The maximum absolute atomic E-state index is 13.3. The Balaban J connectivity index is 1.55. The quantitative estimate of drug-likeness (QED) is 0.114. The van der Waals surface area contributed by atoms with Crippen LogP contribution in [0.25, 0.3) is 0 Å². The van der Waals surface area contributed by atoms with Gasteiger partial charge in [0.05, 0.1) is 11.1 Å². The zero-order valence-electron chi connectivity index (χ0n) is 18.6. The zero-order chi connectivity index (χ0) is 25.5. The van der Waals surface area contributed by atoms with Gasteiger partial charge in [-0.2, -0.15) is 13.2 Å². The van der Waals surface area contributed by atoms with Crippen molar-refractivity contribution in [2.45, 2.75) is 16.0 Å². The molecular weight excluding hydrogens is 487 g/mol. The first-order chi connectivity index (χ1) is 17.3. The standard InChI is InChI=1S/C28H18F3NO3S/c29-28(30,31)22-15-11-21(12-16-22)27(34)35-32-25(19-7-3-1-4-8-19)26(33)20-13-17-24(18-14-20)36-23-9-5-2-6-10-23/h1-18H/b32-25+. The van der Waals surface area contributed by atoms with Crippen LogP contribution in [-0.4, -0.2) is 17.5 Å². The molecule has 0 unspecified atom stereocenters. The van der Waals surface area contributed by atoms with Gasteiger partial charge in [0.25, 0.3) is 0 Å². The van der Waals surface area contributed by atoms with E-state index in [1.165, 1.54) is 0 Å². The summed E-state index contributed by atoms with van der Waals surface area (Å²) < 4.78 is 38.3. The van der Waals surface area contributed by atoms with Crippen molar-refractivity contribution in [3.63, 3.8) is 0 Å². The SMILES string of the molecule is O=C(O/N=C(/C(=O)c1ccc(Sc2ccccc2)cc1)c1ccccc1)c1ccc(C(F)(F)F)cc1. The predicted molar refractivity (Wildman–Crippen MR) is 131 cm³/mol. The maximum atomic E-state index is 13.3. The summed E-state index contributed by atoms with van der Waals surface area (Å²) in [5.74, 6) is -1.46. The third kappa shape index (κ3) is 6.28. The molecule has 4 nitrogen and oxygen atoms in total. The summed E-state index contributed by atoms with van der Waals surface area (Å²) in [6.07, 6.45) is -4.53. The summed E-state index contributed by atoms with van der Waals surface area (Å²) >= 11 is 1.55. The Morgan fingerprint density at radius 1 is 0.639 bits per heavy atom. The van der Waals surface area contributed by atoms with Crippen LogP contribution in [0.15, 0.2) is 124 Å². The molecule has 8 heteroatoms. The highest BCUT2D eigenvalue weighted by atomic mass is 32.2. The van der Waals surface area contributed by atoms with Crippen molar-refractivity contribution in [1.82, 2.24) is 0 Å². The first kappa shape index (κ1) is 24.9. The Morgan fingerprint density at radius 2 is 1.17 bits per heavy atom. The Kier molecular flexibility index (Phi) is 7.65. The van der Waals surface area contributed by atoms with E-state index in [0.29, 0.717) is 11.1 Å². The molecule has 0 saturated carbocycles. The van der Waals surface area contributed by atoms with Gasteiger partial charge >= 0.3 is 12.1 Å². The van der Waals surface area contributed by atoms with Crippen LogP contribution in [0.1, 0.15) is 31.8 Å². The van der Waals surface area contributed by atoms with E-state index in [2.05, 4.69) is 5.16 Å². The van der Waals surface area contributed by atoms with E-state index in [9.17, 15) is 22.8 Å². The van der Waals surface area contributed by atoms with Crippen molar-refractivity contribution in [3.05, 3.63) is 131 Å². The second kappa shape index (κ2) is 11.0. The van der Waals surface area contributed by atoms with E-state index in [-0.39, 0.29) is 11.3 Å². The monoisotopic (exact) mass is 505 g/mol. The minimum Gasteiger partial charge on any atom is -0.312 e. The first-order valence-corrected chi connectivity index (χ1v) is 11.5. The largest absolute Gasteiger partial charge is 0.416 e. The number of Topliss-reactive ketones (excluding diaryl/α,β-unsaturated/α-hetero) is 1. The van der Waals surface area contributed by atoms with Gasteiger partial charge in [0.2, 0.25) is 5.78 Å². The summed E-state index contributed by atoms with van der Waals surface area (Å²) in [5, 5.41) is 3.80. The Bertz CT molecular complexity index is 1370. The first-order valence-electron chi connectivity index (χ1n) is 10.7. The van der Waals surface area contributed by atoms with E-state index in [1.54, 1.807) is 54.2 Å². The van der Waals surface area contributed by atoms with Gasteiger partial charge < -0.3 is 4.84 Å². The number of rotatable bonds is 7. The highest BCUT2D eigenvalue weighted by molar-refractivity contribution is 7.99. The maximum Gasteiger partial charge on any atom is 0.416 e. The van der Waals surface area contributed by atoms with Crippen molar-refractivity contribution < 1.29 is 27.6 Å². The Hall–Kier alpha value is -4.17. The number of carbonyl (C=O) groups excluding carboxylic acids is 2. The number of oxime groups is 1. The summed E-state index contributed by atoms with van der Waals surface area (Å²) in [4.78, 5) is 32.6. The Labute approximate surface area is 209 Å². The van der Waals surface area contributed by atoms with Crippen LogP contribution in [0.3, 0.4) is 0 Å². The van der Waals surface area contributed by atoms with Gasteiger partial charge in [0.15, 0.2) is 5.71 Å². The fourth-order valence-corrected chi connectivity index (χ4v) is 4.03. The highest BCUT2D eigenvalue weighted by Crippen LogP contribution is 2.29. The predicted octanol–water partition coefficient (Wildman–Crippen LogP) is 7.30. The molecule has 0 fully saturated rings. The molecule has 4 rings (SSSR count). The summed E-state index contributed by atoms with van der Waals surface area (Å²) in [6, 6.07) is 28.7. The number of carbonyl (C=O) groups is 2. The fraction of sp³-hybridized carbons (Fsp3) is 0.0357. The third-order valence-corrected chi connectivity index (χ3v) is 6.04. The molecule has 0 aliphatic carbocycles. The molecule has 0 N–H and O–H groups in total. The molecule has 180 valence electrons. The van der Waals surface area contributed by atoms with Crippen LogP contribution in [0.4, 0.5) is 13.2 Å². The summed E-state index contributed by atoms with van der Waals surface area (Å²) in [5.41, 5.74) is -0.379. The molecule has 0 aliphatic rings. The number of alkyl halides is 3. The molecule has 0 radical (unpaired) electrons. The van der Waals surface area contributed by atoms with Gasteiger partial charge in [-0.1, -0.05) is 65.4 Å². The van der Waals surface area contributed by atoms with Gasteiger partial charge in [-0.05, 0) is 60.7 Å². The van der Waals surface area contributed by atoms with E-state index >= 15 is 0 Å². The van der Waals surface area contributed by atoms with E-state index in [4.69, 9.17) is 4.84 Å². The van der Waals surface area contributed by atoms with Crippen LogP contribution >= 0.6 is 11.8 Å². The molecule has 0 bridgehead atoms. The molecule has 0 heterocycles. The van der Waals surface area contributed by atoms with E-state index in [0.717, 1.165) is 34.1 Å². The van der Waals surface area contributed by atoms with Crippen LogP contribution in [-0.2, 0) is 11.0 Å². The lowest BCUT2D eigenvalue weighted by Gasteiger charge is -2.08.